The van der Waals surface area contributed by atoms with Crippen LogP contribution in [0.3, 0.4) is 0 Å². The molecular formula is C18H19N3O4. The molecule has 7 nitrogen and oxygen atoms in total. The Bertz CT molecular complexity index is 803. The van der Waals surface area contributed by atoms with Crippen LogP contribution in [0.5, 0.6) is 5.88 Å². The molecule has 0 radical (unpaired) electrons. The van der Waals surface area contributed by atoms with E-state index >= 15 is 0 Å². The molecule has 1 aromatic carbocycles. The van der Waals surface area contributed by atoms with E-state index in [4.69, 9.17) is 4.74 Å². The minimum absolute atomic E-state index is 0.00290. The van der Waals surface area contributed by atoms with Gasteiger partial charge in [-0.1, -0.05) is 0 Å². The van der Waals surface area contributed by atoms with Crippen LogP contribution < -0.4 is 10.1 Å². The van der Waals surface area contributed by atoms with Crippen molar-refractivity contribution in [1.29, 1.82) is 0 Å². The molecule has 1 heterocycles. The summed E-state index contributed by atoms with van der Waals surface area (Å²) in [5, 5.41) is 13.6. The molecule has 0 aliphatic heterocycles. The number of carbonyl (C=O) groups is 1. The number of nitrogens with zero attached hydrogens (tertiary/aromatic N) is 2. The highest BCUT2D eigenvalue weighted by atomic mass is 16.6. The molecule has 1 aromatic heterocycles. The van der Waals surface area contributed by atoms with Crippen molar-refractivity contribution >= 4 is 11.6 Å². The third kappa shape index (κ3) is 4.53. The van der Waals surface area contributed by atoms with Gasteiger partial charge >= 0.3 is 0 Å². The van der Waals surface area contributed by atoms with Gasteiger partial charge in [0.25, 0.3) is 11.6 Å². The van der Waals surface area contributed by atoms with Gasteiger partial charge in [0.2, 0.25) is 5.88 Å². The summed E-state index contributed by atoms with van der Waals surface area (Å²) in [7, 11) is 0. The van der Waals surface area contributed by atoms with Crippen molar-refractivity contribution in [2.24, 2.45) is 5.92 Å². The van der Waals surface area contributed by atoms with E-state index < -0.39 is 4.92 Å². The van der Waals surface area contributed by atoms with Gasteiger partial charge in [-0.2, -0.15) is 0 Å². The number of aryl methyl sites for hydroxylation is 1. The fourth-order valence-electron chi connectivity index (χ4n) is 2.41. The number of carbonyl (C=O) groups excluding carboxylic acids is 1. The number of hydrogen-bond acceptors (Lipinski definition) is 5. The first-order valence-electron chi connectivity index (χ1n) is 8.14. The van der Waals surface area contributed by atoms with Crippen LogP contribution in [0.4, 0.5) is 5.69 Å². The molecule has 130 valence electrons. The summed E-state index contributed by atoms with van der Waals surface area (Å²) in [5.41, 5.74) is 1.73. The van der Waals surface area contributed by atoms with Crippen molar-refractivity contribution in [2.45, 2.75) is 26.3 Å². The van der Waals surface area contributed by atoms with Gasteiger partial charge in [-0.3, -0.25) is 14.9 Å². The zero-order valence-corrected chi connectivity index (χ0v) is 13.9. The van der Waals surface area contributed by atoms with Gasteiger partial charge in [0, 0.05) is 36.0 Å². The van der Waals surface area contributed by atoms with E-state index in [1.165, 1.54) is 31.0 Å². The highest BCUT2D eigenvalue weighted by Gasteiger charge is 2.22. The first-order valence-corrected chi connectivity index (χ1v) is 8.14. The summed E-state index contributed by atoms with van der Waals surface area (Å²) in [5.74, 6) is 0.927. The van der Waals surface area contributed by atoms with E-state index in [0.717, 1.165) is 5.56 Å². The molecule has 0 bridgehead atoms. The van der Waals surface area contributed by atoms with Crippen molar-refractivity contribution in [1.82, 2.24) is 10.3 Å². The maximum Gasteiger partial charge on any atom is 0.272 e. The second-order valence-electron chi connectivity index (χ2n) is 6.20. The van der Waals surface area contributed by atoms with Crippen LogP contribution in [0.25, 0.3) is 0 Å². The second kappa shape index (κ2) is 7.29. The number of nitro benzene ring substituents is 1. The number of ether oxygens (including phenoxy) is 1. The topological polar surface area (TPSA) is 94.4 Å². The highest BCUT2D eigenvalue weighted by molar-refractivity contribution is 5.94. The zero-order valence-electron chi connectivity index (χ0n) is 13.9. The molecule has 7 heteroatoms. The fraction of sp³-hybridized carbons (Fsp3) is 0.333. The summed E-state index contributed by atoms with van der Waals surface area (Å²) in [4.78, 5) is 26.8. The summed E-state index contributed by atoms with van der Waals surface area (Å²) < 4.78 is 5.63. The average Bonchev–Trinajstić information content (AvgIpc) is 3.42. The molecule has 1 saturated carbocycles. The Labute approximate surface area is 145 Å². The Morgan fingerprint density at radius 3 is 2.84 bits per heavy atom. The van der Waals surface area contributed by atoms with E-state index in [1.807, 2.05) is 12.1 Å². The van der Waals surface area contributed by atoms with Crippen molar-refractivity contribution in [3.8, 4) is 5.88 Å². The summed E-state index contributed by atoms with van der Waals surface area (Å²) in [6.45, 7) is 2.63. The largest absolute Gasteiger partial charge is 0.477 e. The van der Waals surface area contributed by atoms with Gasteiger partial charge in [-0.15, -0.1) is 0 Å². The molecule has 0 atom stereocenters. The lowest BCUT2D eigenvalue weighted by Gasteiger charge is -2.08. The van der Waals surface area contributed by atoms with E-state index in [-0.39, 0.29) is 11.6 Å². The Morgan fingerprint density at radius 2 is 2.16 bits per heavy atom. The van der Waals surface area contributed by atoms with Gasteiger partial charge in [0.15, 0.2) is 0 Å². The average molecular weight is 341 g/mol. The van der Waals surface area contributed by atoms with Crippen molar-refractivity contribution in [3.63, 3.8) is 0 Å². The number of pyridine rings is 1. The number of nitro groups is 1. The number of rotatable bonds is 7. The van der Waals surface area contributed by atoms with Crippen LogP contribution in [0.15, 0.2) is 36.5 Å². The van der Waals surface area contributed by atoms with Crippen molar-refractivity contribution < 1.29 is 14.5 Å². The smallest absolute Gasteiger partial charge is 0.272 e. The third-order valence-corrected chi connectivity index (χ3v) is 4.07. The molecule has 0 saturated heterocycles. The Hall–Kier alpha value is -2.96. The predicted molar refractivity (Wildman–Crippen MR) is 91.5 cm³/mol. The lowest BCUT2D eigenvalue weighted by molar-refractivity contribution is -0.385. The highest BCUT2D eigenvalue weighted by Crippen LogP contribution is 2.29. The Morgan fingerprint density at radius 1 is 1.36 bits per heavy atom. The Balaban J connectivity index is 1.59. The van der Waals surface area contributed by atoms with E-state index in [0.29, 0.717) is 36.1 Å². The van der Waals surface area contributed by atoms with Gasteiger partial charge in [-0.05, 0) is 49.4 Å². The maximum absolute atomic E-state index is 12.2. The minimum Gasteiger partial charge on any atom is -0.477 e. The molecule has 1 aliphatic carbocycles. The monoisotopic (exact) mass is 341 g/mol. The predicted octanol–water partition coefficient (Wildman–Crippen LogP) is 3.02. The van der Waals surface area contributed by atoms with Crippen LogP contribution >= 0.6 is 0 Å². The minimum atomic E-state index is -0.461. The van der Waals surface area contributed by atoms with Crippen LogP contribution in [0.1, 0.15) is 34.3 Å². The molecule has 1 N–H and O–H groups in total. The number of aromatic nitrogens is 1. The van der Waals surface area contributed by atoms with Gasteiger partial charge in [0.05, 0.1) is 11.5 Å². The van der Waals surface area contributed by atoms with Gasteiger partial charge < -0.3 is 10.1 Å². The SMILES string of the molecule is Cc1cc(C(=O)NCc2ccnc(OCC3CC3)c2)ccc1[N+](=O)[O-]. The quantitative estimate of drug-likeness (QED) is 0.617. The normalized spacial score (nSPS) is 13.3. The lowest BCUT2D eigenvalue weighted by Crippen LogP contribution is -2.23. The van der Waals surface area contributed by atoms with Crippen molar-refractivity contribution in [2.75, 3.05) is 6.61 Å². The number of amides is 1. The number of benzene rings is 1. The molecule has 1 fully saturated rings. The second-order valence-corrected chi connectivity index (χ2v) is 6.20. The number of nitrogens with one attached hydrogen (secondary N) is 1. The molecule has 25 heavy (non-hydrogen) atoms. The molecular weight excluding hydrogens is 322 g/mol. The molecule has 0 spiro atoms. The standard InChI is InChI=1S/C18H19N3O4/c1-12-8-15(4-5-16(12)21(23)24)18(22)20-10-14-6-7-19-17(9-14)25-11-13-2-3-13/h4-9,13H,2-3,10-11H2,1H3,(H,20,22). The van der Waals surface area contributed by atoms with E-state index in [2.05, 4.69) is 10.3 Å². The van der Waals surface area contributed by atoms with Gasteiger partial charge in [-0.25, -0.2) is 4.98 Å². The fourth-order valence-corrected chi connectivity index (χ4v) is 2.41. The lowest BCUT2D eigenvalue weighted by atomic mass is 10.1. The van der Waals surface area contributed by atoms with Crippen LogP contribution in [-0.4, -0.2) is 22.4 Å². The molecule has 3 rings (SSSR count). The van der Waals surface area contributed by atoms with Crippen molar-refractivity contribution in [3.05, 3.63) is 63.3 Å². The summed E-state index contributed by atoms with van der Waals surface area (Å²) in [6, 6.07) is 7.94. The van der Waals surface area contributed by atoms with Crippen LogP contribution in [-0.2, 0) is 6.54 Å². The maximum atomic E-state index is 12.2. The summed E-state index contributed by atoms with van der Waals surface area (Å²) in [6.07, 6.45) is 4.08. The van der Waals surface area contributed by atoms with E-state index in [9.17, 15) is 14.9 Å². The first kappa shape index (κ1) is 16.9. The first-order chi connectivity index (χ1) is 12.0. The molecule has 0 unspecified atom stereocenters. The summed E-state index contributed by atoms with van der Waals surface area (Å²) >= 11 is 0. The van der Waals surface area contributed by atoms with Crippen LogP contribution in [0, 0.1) is 23.0 Å². The molecule has 2 aromatic rings. The molecule has 1 amide bonds. The third-order valence-electron chi connectivity index (χ3n) is 4.07. The van der Waals surface area contributed by atoms with Gasteiger partial charge in [0.1, 0.15) is 0 Å². The van der Waals surface area contributed by atoms with E-state index in [1.54, 1.807) is 13.1 Å². The molecule has 1 aliphatic rings. The Kier molecular flexibility index (Phi) is 4.92. The number of hydrogen-bond donors (Lipinski definition) is 1. The van der Waals surface area contributed by atoms with Crippen LogP contribution in [0.2, 0.25) is 0 Å². The zero-order chi connectivity index (χ0) is 17.8.